The zero-order valence-corrected chi connectivity index (χ0v) is 9.62. The first-order valence-electron chi connectivity index (χ1n) is 4.90. The van der Waals surface area contributed by atoms with Crippen LogP contribution in [0.5, 0.6) is 0 Å². The molecule has 0 unspecified atom stereocenters. The number of carbonyl (C=O) groups is 1. The predicted octanol–water partition coefficient (Wildman–Crippen LogP) is 2.28. The van der Waals surface area contributed by atoms with Gasteiger partial charge in [-0.05, 0) is 24.4 Å². The van der Waals surface area contributed by atoms with E-state index in [0.717, 1.165) is 10.4 Å². The standard InChI is InChI=1S/C11H12O4S/c1-7(10(12)13)4-9-5-8(6-16-9)11-14-2-3-15-11/h4-6,11H,2-3H2,1H3,(H,12,13)/b7-4+. The summed E-state index contributed by atoms with van der Waals surface area (Å²) >= 11 is 1.48. The average Bonchev–Trinajstić information content (AvgIpc) is 2.85. The highest BCUT2D eigenvalue weighted by molar-refractivity contribution is 7.11. The maximum Gasteiger partial charge on any atom is 0.331 e. The lowest BCUT2D eigenvalue weighted by molar-refractivity contribution is -0.132. The molecule has 0 atom stereocenters. The fraction of sp³-hybridized carbons (Fsp3) is 0.364. The summed E-state index contributed by atoms with van der Waals surface area (Å²) < 4.78 is 10.7. The second kappa shape index (κ2) is 4.78. The maximum atomic E-state index is 10.7. The fourth-order valence-electron chi connectivity index (χ4n) is 1.39. The van der Waals surface area contributed by atoms with Crippen molar-refractivity contribution in [1.29, 1.82) is 0 Å². The van der Waals surface area contributed by atoms with E-state index in [0.29, 0.717) is 18.8 Å². The summed E-state index contributed by atoms with van der Waals surface area (Å²) in [6, 6.07) is 1.90. The van der Waals surface area contributed by atoms with Gasteiger partial charge in [0.25, 0.3) is 0 Å². The van der Waals surface area contributed by atoms with Crippen LogP contribution in [0, 0.1) is 0 Å². The number of ether oxygens (including phenoxy) is 2. The van der Waals surface area contributed by atoms with Gasteiger partial charge in [-0.3, -0.25) is 0 Å². The summed E-state index contributed by atoms with van der Waals surface area (Å²) in [5.74, 6) is -0.900. The van der Waals surface area contributed by atoms with Gasteiger partial charge in [-0.15, -0.1) is 11.3 Å². The predicted molar refractivity (Wildman–Crippen MR) is 60.3 cm³/mol. The summed E-state index contributed by atoms with van der Waals surface area (Å²) in [7, 11) is 0. The van der Waals surface area contributed by atoms with E-state index >= 15 is 0 Å². The van der Waals surface area contributed by atoms with Crippen LogP contribution in [0.3, 0.4) is 0 Å². The van der Waals surface area contributed by atoms with Crippen molar-refractivity contribution in [2.24, 2.45) is 0 Å². The minimum atomic E-state index is -0.900. The molecule has 0 aromatic carbocycles. The Kier molecular flexibility index (Phi) is 3.38. The molecule has 2 rings (SSSR count). The largest absolute Gasteiger partial charge is 0.478 e. The van der Waals surface area contributed by atoms with Gasteiger partial charge in [0, 0.05) is 16.0 Å². The topological polar surface area (TPSA) is 55.8 Å². The number of carboxylic acid groups (broad SMARTS) is 1. The maximum absolute atomic E-state index is 10.7. The van der Waals surface area contributed by atoms with Crippen molar-refractivity contribution in [1.82, 2.24) is 0 Å². The Morgan fingerprint density at radius 2 is 2.25 bits per heavy atom. The minimum Gasteiger partial charge on any atom is -0.478 e. The van der Waals surface area contributed by atoms with Gasteiger partial charge >= 0.3 is 5.97 Å². The molecule has 1 aromatic rings. The minimum absolute atomic E-state index is 0.288. The molecule has 0 bridgehead atoms. The van der Waals surface area contributed by atoms with E-state index in [1.165, 1.54) is 11.3 Å². The first-order chi connectivity index (χ1) is 7.66. The van der Waals surface area contributed by atoms with Crippen LogP contribution in [0.1, 0.15) is 23.7 Å². The molecule has 4 nitrogen and oxygen atoms in total. The van der Waals surface area contributed by atoms with Crippen molar-refractivity contribution in [2.75, 3.05) is 13.2 Å². The molecule has 0 spiro atoms. The molecule has 1 aliphatic rings. The molecular weight excluding hydrogens is 228 g/mol. The fourth-order valence-corrected chi connectivity index (χ4v) is 2.29. The van der Waals surface area contributed by atoms with E-state index in [2.05, 4.69) is 0 Å². The molecule has 1 saturated heterocycles. The second-order valence-corrected chi connectivity index (χ2v) is 4.43. The van der Waals surface area contributed by atoms with Crippen LogP contribution >= 0.6 is 11.3 Å². The van der Waals surface area contributed by atoms with E-state index in [-0.39, 0.29) is 6.29 Å². The molecule has 0 saturated carbocycles. The van der Waals surface area contributed by atoms with Crippen LogP contribution in [0.15, 0.2) is 17.0 Å². The molecule has 16 heavy (non-hydrogen) atoms. The lowest BCUT2D eigenvalue weighted by Gasteiger charge is -2.04. The molecule has 5 heteroatoms. The first-order valence-corrected chi connectivity index (χ1v) is 5.78. The molecule has 1 fully saturated rings. The number of aliphatic carboxylic acids is 1. The Morgan fingerprint density at radius 3 is 2.88 bits per heavy atom. The summed E-state index contributed by atoms with van der Waals surface area (Å²) in [4.78, 5) is 11.6. The van der Waals surface area contributed by atoms with E-state index in [4.69, 9.17) is 14.6 Å². The second-order valence-electron chi connectivity index (χ2n) is 3.49. The van der Waals surface area contributed by atoms with Crippen molar-refractivity contribution < 1.29 is 19.4 Å². The number of hydrogen-bond acceptors (Lipinski definition) is 4. The van der Waals surface area contributed by atoms with Gasteiger partial charge in [0.05, 0.1) is 13.2 Å². The third-order valence-electron chi connectivity index (χ3n) is 2.23. The molecule has 1 aromatic heterocycles. The van der Waals surface area contributed by atoms with Crippen LogP contribution in [0.25, 0.3) is 6.08 Å². The van der Waals surface area contributed by atoms with E-state index in [1.807, 2.05) is 11.4 Å². The summed E-state index contributed by atoms with van der Waals surface area (Å²) in [5, 5.41) is 10.7. The summed E-state index contributed by atoms with van der Waals surface area (Å²) in [5.41, 5.74) is 1.27. The Hall–Kier alpha value is -1.17. The van der Waals surface area contributed by atoms with Gasteiger partial charge in [-0.1, -0.05) is 0 Å². The number of rotatable bonds is 3. The van der Waals surface area contributed by atoms with Gasteiger partial charge < -0.3 is 14.6 Å². The Bertz CT molecular complexity index is 415. The zero-order chi connectivity index (χ0) is 11.5. The average molecular weight is 240 g/mol. The van der Waals surface area contributed by atoms with Crippen molar-refractivity contribution >= 4 is 23.4 Å². The molecule has 0 radical (unpaired) electrons. The molecule has 0 amide bonds. The third kappa shape index (κ3) is 2.49. The zero-order valence-electron chi connectivity index (χ0n) is 8.80. The van der Waals surface area contributed by atoms with E-state index < -0.39 is 5.97 Å². The molecule has 0 aliphatic carbocycles. The van der Waals surface area contributed by atoms with Gasteiger partial charge in [0.2, 0.25) is 0 Å². The number of thiophene rings is 1. The van der Waals surface area contributed by atoms with Gasteiger partial charge in [-0.25, -0.2) is 4.79 Å². The summed E-state index contributed by atoms with van der Waals surface area (Å²) in [6.07, 6.45) is 1.36. The van der Waals surface area contributed by atoms with Crippen LogP contribution < -0.4 is 0 Å². The van der Waals surface area contributed by atoms with Crippen LogP contribution in [-0.4, -0.2) is 24.3 Å². The molecular formula is C11H12O4S. The van der Waals surface area contributed by atoms with Crippen LogP contribution in [-0.2, 0) is 14.3 Å². The molecule has 2 heterocycles. The smallest absolute Gasteiger partial charge is 0.331 e. The van der Waals surface area contributed by atoms with Crippen molar-refractivity contribution in [2.45, 2.75) is 13.2 Å². The Morgan fingerprint density at radius 1 is 1.56 bits per heavy atom. The first kappa shape index (κ1) is 11.3. The summed E-state index contributed by atoms with van der Waals surface area (Å²) in [6.45, 7) is 2.80. The SMILES string of the molecule is C/C(=C\c1cc(C2OCCO2)cs1)C(=O)O. The third-order valence-corrected chi connectivity index (χ3v) is 3.13. The van der Waals surface area contributed by atoms with Crippen LogP contribution in [0.4, 0.5) is 0 Å². The lowest BCUT2D eigenvalue weighted by Crippen LogP contribution is -1.95. The van der Waals surface area contributed by atoms with E-state index in [9.17, 15) is 4.79 Å². The quantitative estimate of drug-likeness (QED) is 0.823. The van der Waals surface area contributed by atoms with Crippen LogP contribution in [0.2, 0.25) is 0 Å². The highest BCUT2D eigenvalue weighted by Gasteiger charge is 2.19. The van der Waals surface area contributed by atoms with Crippen molar-refractivity contribution in [3.63, 3.8) is 0 Å². The monoisotopic (exact) mass is 240 g/mol. The van der Waals surface area contributed by atoms with Gasteiger partial charge in [-0.2, -0.15) is 0 Å². The lowest BCUT2D eigenvalue weighted by atomic mass is 10.2. The number of carboxylic acids is 1. The molecule has 86 valence electrons. The number of hydrogen-bond donors (Lipinski definition) is 1. The normalized spacial score (nSPS) is 17.9. The van der Waals surface area contributed by atoms with E-state index in [1.54, 1.807) is 13.0 Å². The Balaban J connectivity index is 2.13. The van der Waals surface area contributed by atoms with Crippen molar-refractivity contribution in [3.8, 4) is 0 Å². The Labute approximate surface area is 97.1 Å². The van der Waals surface area contributed by atoms with Gasteiger partial charge in [0.15, 0.2) is 6.29 Å². The highest BCUT2D eigenvalue weighted by Crippen LogP contribution is 2.28. The molecule has 1 N–H and O–H groups in total. The highest BCUT2D eigenvalue weighted by atomic mass is 32.1. The van der Waals surface area contributed by atoms with Gasteiger partial charge in [0.1, 0.15) is 0 Å². The molecule has 1 aliphatic heterocycles. The van der Waals surface area contributed by atoms with Crippen molar-refractivity contribution in [3.05, 3.63) is 27.5 Å².